The van der Waals surface area contributed by atoms with Gasteiger partial charge >= 0.3 is 6.18 Å². The van der Waals surface area contributed by atoms with E-state index in [0.717, 1.165) is 11.1 Å². The maximum Gasteiger partial charge on any atom is 0.422 e. The van der Waals surface area contributed by atoms with Crippen molar-refractivity contribution in [3.63, 3.8) is 0 Å². The van der Waals surface area contributed by atoms with Crippen LogP contribution in [0, 0.1) is 6.92 Å². The van der Waals surface area contributed by atoms with Crippen LogP contribution in [0.1, 0.15) is 16.7 Å². The lowest BCUT2D eigenvalue weighted by atomic mass is 10.1. The Morgan fingerprint density at radius 1 is 1.19 bits per heavy atom. The van der Waals surface area contributed by atoms with Crippen molar-refractivity contribution in [3.8, 4) is 5.75 Å². The van der Waals surface area contributed by atoms with Crippen molar-refractivity contribution >= 4 is 5.91 Å². The van der Waals surface area contributed by atoms with Gasteiger partial charge in [0.15, 0.2) is 6.61 Å². The molecule has 7 heteroatoms. The number of nitrogens with one attached hydrogen (secondary N) is 1. The van der Waals surface area contributed by atoms with Gasteiger partial charge in [-0.05, 0) is 30.5 Å². The molecule has 26 heavy (non-hydrogen) atoms. The van der Waals surface area contributed by atoms with Crippen molar-refractivity contribution in [2.24, 2.45) is 5.73 Å². The molecule has 0 spiro atoms. The van der Waals surface area contributed by atoms with Crippen molar-refractivity contribution in [1.82, 2.24) is 5.32 Å². The van der Waals surface area contributed by atoms with Gasteiger partial charge in [0.05, 0.1) is 6.04 Å². The molecule has 2 aromatic rings. The molecule has 1 atom stereocenters. The minimum Gasteiger partial charge on any atom is -0.484 e. The fourth-order valence-corrected chi connectivity index (χ4v) is 2.38. The standard InChI is InChI=1S/C19H21F3N2O2/c1-13-7-8-15(17(9-13)26-12-19(20,21)22)11-24-18(25)16(23)10-14-5-3-2-4-6-14/h2-9,16H,10-12,23H2,1H3,(H,24,25)/t16-/m0/s1. The summed E-state index contributed by atoms with van der Waals surface area (Å²) in [4.78, 5) is 12.2. The van der Waals surface area contributed by atoms with E-state index in [2.05, 4.69) is 5.32 Å². The van der Waals surface area contributed by atoms with Crippen LogP contribution in [0.15, 0.2) is 48.5 Å². The summed E-state index contributed by atoms with van der Waals surface area (Å²) < 4.78 is 42.0. The largest absolute Gasteiger partial charge is 0.484 e. The molecule has 140 valence electrons. The molecule has 0 bridgehead atoms. The number of rotatable bonds is 7. The van der Waals surface area contributed by atoms with Crippen LogP contribution in [-0.2, 0) is 17.8 Å². The predicted molar refractivity (Wildman–Crippen MR) is 92.7 cm³/mol. The van der Waals surface area contributed by atoms with E-state index in [-0.39, 0.29) is 18.2 Å². The molecule has 1 amide bonds. The normalized spacial score (nSPS) is 12.5. The Kier molecular flexibility index (Phi) is 6.63. The first kappa shape index (κ1) is 19.8. The highest BCUT2D eigenvalue weighted by atomic mass is 19.4. The Balaban J connectivity index is 1.96. The van der Waals surface area contributed by atoms with E-state index in [4.69, 9.17) is 10.5 Å². The van der Waals surface area contributed by atoms with Crippen LogP contribution in [-0.4, -0.2) is 24.7 Å². The molecule has 0 heterocycles. The van der Waals surface area contributed by atoms with Crippen molar-refractivity contribution in [1.29, 1.82) is 0 Å². The number of halogens is 3. The van der Waals surface area contributed by atoms with Crippen molar-refractivity contribution < 1.29 is 22.7 Å². The number of hydrogen-bond acceptors (Lipinski definition) is 3. The highest BCUT2D eigenvalue weighted by Gasteiger charge is 2.28. The summed E-state index contributed by atoms with van der Waals surface area (Å²) in [7, 11) is 0. The van der Waals surface area contributed by atoms with Gasteiger partial charge in [-0.25, -0.2) is 0 Å². The molecule has 2 aromatic carbocycles. The third-order valence-corrected chi connectivity index (χ3v) is 3.70. The summed E-state index contributed by atoms with van der Waals surface area (Å²) in [6, 6.07) is 13.5. The smallest absolute Gasteiger partial charge is 0.422 e. The minimum atomic E-state index is -4.43. The second-order valence-electron chi connectivity index (χ2n) is 6.03. The number of alkyl halides is 3. The SMILES string of the molecule is Cc1ccc(CNC(=O)[C@@H](N)Cc2ccccc2)c(OCC(F)(F)F)c1. The van der Waals surface area contributed by atoms with Crippen LogP contribution in [0.3, 0.4) is 0 Å². The maximum absolute atomic E-state index is 12.4. The van der Waals surface area contributed by atoms with Gasteiger partial charge in [-0.15, -0.1) is 0 Å². The van der Waals surface area contributed by atoms with Gasteiger partial charge in [-0.3, -0.25) is 4.79 Å². The average molecular weight is 366 g/mol. The van der Waals surface area contributed by atoms with Crippen LogP contribution in [0.4, 0.5) is 13.2 Å². The zero-order valence-electron chi connectivity index (χ0n) is 14.3. The van der Waals surface area contributed by atoms with E-state index < -0.39 is 18.8 Å². The molecule has 0 aliphatic rings. The van der Waals surface area contributed by atoms with Gasteiger partial charge in [-0.2, -0.15) is 13.2 Å². The first-order chi connectivity index (χ1) is 12.2. The summed E-state index contributed by atoms with van der Waals surface area (Å²) in [5, 5.41) is 2.65. The number of amides is 1. The molecule has 0 aromatic heterocycles. The molecule has 0 saturated carbocycles. The van der Waals surface area contributed by atoms with E-state index in [1.165, 1.54) is 6.07 Å². The van der Waals surface area contributed by atoms with E-state index >= 15 is 0 Å². The summed E-state index contributed by atoms with van der Waals surface area (Å²) in [6.45, 7) is 0.401. The van der Waals surface area contributed by atoms with Gasteiger partial charge in [0.1, 0.15) is 5.75 Å². The molecule has 0 saturated heterocycles. The summed E-state index contributed by atoms with van der Waals surface area (Å²) >= 11 is 0. The van der Waals surface area contributed by atoms with Crippen LogP contribution in [0.2, 0.25) is 0 Å². The average Bonchev–Trinajstić information content (AvgIpc) is 2.59. The van der Waals surface area contributed by atoms with Crippen molar-refractivity contribution in [2.45, 2.75) is 32.1 Å². The number of benzene rings is 2. The second kappa shape index (κ2) is 8.71. The zero-order valence-corrected chi connectivity index (χ0v) is 14.3. The molecule has 0 aliphatic heterocycles. The Morgan fingerprint density at radius 2 is 1.88 bits per heavy atom. The van der Waals surface area contributed by atoms with E-state index in [1.54, 1.807) is 19.1 Å². The molecule has 0 aliphatic carbocycles. The fourth-order valence-electron chi connectivity index (χ4n) is 2.38. The molecule has 3 N–H and O–H groups in total. The maximum atomic E-state index is 12.4. The molecule has 0 unspecified atom stereocenters. The highest BCUT2D eigenvalue weighted by molar-refractivity contribution is 5.81. The van der Waals surface area contributed by atoms with Gasteiger partial charge < -0.3 is 15.8 Å². The number of ether oxygens (including phenoxy) is 1. The minimum absolute atomic E-state index is 0.0365. The third-order valence-electron chi connectivity index (χ3n) is 3.70. The molecular weight excluding hydrogens is 345 g/mol. The molecule has 0 fully saturated rings. The van der Waals surface area contributed by atoms with Crippen LogP contribution in [0.5, 0.6) is 5.75 Å². The quantitative estimate of drug-likeness (QED) is 0.791. The summed E-state index contributed by atoms with van der Waals surface area (Å²) in [5.41, 5.74) is 8.05. The second-order valence-corrected chi connectivity index (χ2v) is 6.03. The number of carbonyl (C=O) groups excluding carboxylic acids is 1. The van der Waals surface area contributed by atoms with Crippen LogP contribution in [0.25, 0.3) is 0 Å². The van der Waals surface area contributed by atoms with Crippen molar-refractivity contribution in [3.05, 3.63) is 65.2 Å². The van der Waals surface area contributed by atoms with E-state index in [0.29, 0.717) is 12.0 Å². The summed E-state index contributed by atoms with van der Waals surface area (Å²) in [6.07, 6.45) is -4.06. The summed E-state index contributed by atoms with van der Waals surface area (Å²) in [5.74, 6) is -0.282. The van der Waals surface area contributed by atoms with Gasteiger partial charge in [0, 0.05) is 12.1 Å². The van der Waals surface area contributed by atoms with Crippen LogP contribution < -0.4 is 15.8 Å². The Bertz CT molecular complexity index is 733. The Hall–Kier alpha value is -2.54. The third kappa shape index (κ3) is 6.40. The first-order valence-electron chi connectivity index (χ1n) is 8.11. The van der Waals surface area contributed by atoms with E-state index in [9.17, 15) is 18.0 Å². The van der Waals surface area contributed by atoms with Gasteiger partial charge in [0.25, 0.3) is 0 Å². The van der Waals surface area contributed by atoms with Crippen LogP contribution >= 0.6 is 0 Å². The van der Waals surface area contributed by atoms with E-state index in [1.807, 2.05) is 30.3 Å². The number of nitrogens with two attached hydrogens (primary N) is 1. The monoisotopic (exact) mass is 366 g/mol. The Labute approximate surface area is 150 Å². The highest BCUT2D eigenvalue weighted by Crippen LogP contribution is 2.23. The number of aryl methyl sites for hydroxylation is 1. The van der Waals surface area contributed by atoms with Crippen molar-refractivity contribution in [2.75, 3.05) is 6.61 Å². The molecular formula is C19H21F3N2O2. The topological polar surface area (TPSA) is 64.4 Å². The Morgan fingerprint density at radius 3 is 2.54 bits per heavy atom. The molecule has 2 rings (SSSR count). The molecule has 4 nitrogen and oxygen atoms in total. The lowest BCUT2D eigenvalue weighted by Gasteiger charge is -2.16. The predicted octanol–water partition coefficient (Wildman–Crippen LogP) is 3.12. The van der Waals surface area contributed by atoms with Gasteiger partial charge in [-0.1, -0.05) is 42.5 Å². The molecule has 0 radical (unpaired) electrons. The fraction of sp³-hybridized carbons (Fsp3) is 0.316. The van der Waals surface area contributed by atoms with Gasteiger partial charge in [0.2, 0.25) is 5.91 Å². The number of hydrogen-bond donors (Lipinski definition) is 2. The first-order valence-corrected chi connectivity index (χ1v) is 8.11. The zero-order chi connectivity index (χ0) is 19.2. The number of carbonyl (C=O) groups is 1. The lowest BCUT2D eigenvalue weighted by molar-refractivity contribution is -0.153. The lowest BCUT2D eigenvalue weighted by Crippen LogP contribution is -2.41.